The van der Waals surface area contributed by atoms with Crippen LogP contribution in [0.1, 0.15) is 304 Å². The number of aliphatic hydroxyl groups excluding tert-OH is 1. The number of hydrogen-bond acceptors (Lipinski definition) is 11. The molecule has 0 aliphatic heterocycles. The van der Waals surface area contributed by atoms with Crippen molar-refractivity contribution < 1.29 is 60.2 Å². The summed E-state index contributed by atoms with van der Waals surface area (Å²) in [5.74, 6) is 4.06. The molecule has 4 fully saturated rings. The van der Waals surface area contributed by atoms with Gasteiger partial charge in [0.25, 0.3) is 10.1 Å². The van der Waals surface area contributed by atoms with Crippen molar-refractivity contribution in [3.05, 3.63) is 12.2 Å². The number of aliphatic hydroxyl groups is 1. The minimum absolute atomic E-state index is 0.0140. The summed E-state index contributed by atoms with van der Waals surface area (Å²) in [4.78, 5) is 48.6. The molecule has 0 radical (unpaired) electrons. The van der Waals surface area contributed by atoms with Crippen LogP contribution in [0.15, 0.2) is 12.2 Å². The maximum absolute atomic E-state index is 13.1. The summed E-state index contributed by atoms with van der Waals surface area (Å²) < 4.78 is 59.4. The third-order valence-corrected chi connectivity index (χ3v) is 23.3. The molecule has 4 rings (SSSR count). The van der Waals surface area contributed by atoms with Crippen molar-refractivity contribution in [2.45, 2.75) is 317 Å². The number of phosphoric acid groups is 1. The number of hydrogen-bond donors (Lipinski definition) is 5. The number of ketones is 1. The van der Waals surface area contributed by atoms with Crippen LogP contribution in [-0.4, -0.2) is 117 Å². The van der Waals surface area contributed by atoms with E-state index in [1.54, 1.807) is 0 Å². The highest BCUT2D eigenvalue weighted by atomic mass is 32.2. The van der Waals surface area contributed by atoms with Crippen molar-refractivity contribution in [1.82, 2.24) is 5.32 Å². The number of quaternary nitrogens is 1. The van der Waals surface area contributed by atoms with Gasteiger partial charge in [0, 0.05) is 45.2 Å². The van der Waals surface area contributed by atoms with Crippen LogP contribution >= 0.6 is 7.82 Å². The van der Waals surface area contributed by atoms with Gasteiger partial charge in [-0.25, -0.2) is 4.57 Å². The molecule has 0 aromatic carbocycles. The van der Waals surface area contributed by atoms with Gasteiger partial charge in [0.1, 0.15) is 0 Å². The number of carbonyl (C=O) groups excluding carboxylic acids is 3. The number of phosphoric ester groups is 1. The maximum Gasteiger partial charge on any atom is 0.473 e. The van der Waals surface area contributed by atoms with E-state index in [1.165, 1.54) is 161 Å². The molecule has 0 saturated heterocycles. The minimum atomic E-state index is -4.66. The van der Waals surface area contributed by atoms with Gasteiger partial charge in [-0.15, -0.1) is 0 Å². The number of unbranched alkanes of at least 4 members (excludes halogenated alkanes) is 23. The fourth-order valence-corrected chi connectivity index (χ4v) is 17.8. The summed E-state index contributed by atoms with van der Waals surface area (Å²) in [5, 5.41) is 13.1. The normalized spacial score (nSPS) is 24.5. The highest BCUT2D eigenvalue weighted by Crippen LogP contribution is 2.68. The number of esters is 1. The SMILES string of the molecule is CCCCCCCC/C=C\CCCCCCCC(=O)O[C@@H](CO)C(OP(=O)(O)OCCN)C(=O)CCCCCCCCCCCCCCC.C[C@H](CCC(=O)NCCC[N+](C)(C)CCCS(=O)(=O)O)[C@H]1CCC2C3CCC4CCCC[C@]4(C)C3CC[C@@]21C. The Hall–Kier alpha value is -1.75. The van der Waals surface area contributed by atoms with Crippen molar-refractivity contribution in [1.29, 1.82) is 0 Å². The van der Waals surface area contributed by atoms with E-state index in [0.29, 0.717) is 60.0 Å². The predicted octanol–water partition coefficient (Wildman–Crippen LogP) is 16.8. The zero-order valence-electron chi connectivity index (χ0n) is 57.3. The van der Waals surface area contributed by atoms with Crippen molar-refractivity contribution in [2.24, 2.45) is 52.1 Å². The van der Waals surface area contributed by atoms with Gasteiger partial charge in [0.15, 0.2) is 18.0 Å². The third kappa shape index (κ3) is 31.9. The lowest BCUT2D eigenvalue weighted by atomic mass is 9.44. The average Bonchev–Trinajstić information content (AvgIpc) is 1.38. The molecule has 0 spiro atoms. The van der Waals surface area contributed by atoms with Crippen molar-refractivity contribution >= 4 is 35.6 Å². The third-order valence-electron chi connectivity index (χ3n) is 21.5. The van der Waals surface area contributed by atoms with Crippen LogP contribution in [0.25, 0.3) is 0 Å². The molecule has 15 nitrogen and oxygen atoms in total. The average molecular weight is 1290 g/mol. The number of fused-ring (bicyclic) bond motifs is 5. The van der Waals surface area contributed by atoms with Crippen LogP contribution in [-0.2, 0) is 42.9 Å². The predicted molar refractivity (Wildman–Crippen MR) is 360 cm³/mol. The van der Waals surface area contributed by atoms with E-state index in [1.807, 2.05) is 0 Å². The first-order valence-corrected chi connectivity index (χ1v) is 39.5. The summed E-state index contributed by atoms with van der Waals surface area (Å²) in [6.45, 7) is 13.4. The number of carbonyl (C=O) groups is 3. The number of amides is 1. The summed E-state index contributed by atoms with van der Waals surface area (Å²) in [6.07, 6.45) is 49.2. The Morgan fingerprint density at radius 2 is 1.23 bits per heavy atom. The first-order chi connectivity index (χ1) is 42.1. The first-order valence-electron chi connectivity index (χ1n) is 36.4. The van der Waals surface area contributed by atoms with Gasteiger partial charge in [0.05, 0.1) is 46.2 Å². The minimum Gasteiger partial charge on any atom is -0.457 e. The van der Waals surface area contributed by atoms with Crippen molar-refractivity contribution in [3.63, 3.8) is 0 Å². The molecule has 88 heavy (non-hydrogen) atoms. The van der Waals surface area contributed by atoms with Gasteiger partial charge < -0.3 is 30.3 Å². The second-order valence-electron chi connectivity index (χ2n) is 29.0. The molecule has 4 aliphatic carbocycles. The Kier molecular flexibility index (Phi) is 41.0. The largest absolute Gasteiger partial charge is 0.473 e. The van der Waals surface area contributed by atoms with Gasteiger partial charge in [-0.1, -0.05) is 188 Å². The second-order valence-corrected chi connectivity index (χ2v) is 32.0. The number of nitrogens with one attached hydrogen (secondary N) is 1. The number of nitrogens with two attached hydrogens (primary N) is 1. The standard InChI is InChI=1S/C39H76NO8P.C32H58N2O4S/c1-3-5-7-9-11-13-15-17-18-20-22-24-26-28-30-32-38(43)47-37(35-41)39(48-49(44,45)46-34-33-40)36(42)31-29-27-25-23-21-19-16-14-12-10-8-6-4-2;1-24(11-16-30(35)33-20-8-21-34(4,5)22-9-23-39(36,37)38)27-14-15-28-26-13-12-25-10-6-7-18-31(25,2)29(26)17-19-32(27,28)3/h17-18,37,39,41H,3-16,19-35,40H2,1-2H3,(H,44,45);24-29H,6-23H2,1-5H3,(H-,33,35,36,37,38)/p+1/b18-17-;/t37-,39?;24-,25?,26?,27-,28?,29?,31+,32-/m01/s1. The lowest BCUT2D eigenvalue weighted by Gasteiger charge is -2.61. The fourth-order valence-electron chi connectivity index (χ4n) is 16.3. The van der Waals surface area contributed by atoms with Crippen LogP contribution in [0, 0.1) is 46.3 Å². The second kappa shape index (κ2) is 44.8. The van der Waals surface area contributed by atoms with Crippen molar-refractivity contribution in [3.8, 4) is 0 Å². The smallest absolute Gasteiger partial charge is 0.457 e. The van der Waals surface area contributed by atoms with Gasteiger partial charge in [-0.3, -0.25) is 28.0 Å². The van der Waals surface area contributed by atoms with Gasteiger partial charge in [0.2, 0.25) is 5.91 Å². The Morgan fingerprint density at radius 1 is 0.682 bits per heavy atom. The van der Waals surface area contributed by atoms with Crippen LogP contribution in [0.5, 0.6) is 0 Å². The first kappa shape index (κ1) is 80.5. The van der Waals surface area contributed by atoms with E-state index in [0.717, 1.165) is 107 Å². The van der Waals surface area contributed by atoms with Gasteiger partial charge >= 0.3 is 13.8 Å². The summed E-state index contributed by atoms with van der Waals surface area (Å²) in [5.41, 5.74) is 6.45. The lowest BCUT2D eigenvalue weighted by Crippen LogP contribution is -2.53. The molecule has 17 heteroatoms. The quantitative estimate of drug-likeness (QED) is 0.00955. The molecule has 0 aromatic heterocycles. The number of allylic oxidation sites excluding steroid dienone is 2. The van der Waals surface area contributed by atoms with E-state index in [9.17, 15) is 37.4 Å². The van der Waals surface area contributed by atoms with Crippen LogP contribution in [0.4, 0.5) is 0 Å². The molecule has 1 amide bonds. The van der Waals surface area contributed by atoms with Crippen LogP contribution < -0.4 is 11.1 Å². The number of Topliss-reactive ketones (excluding diaryl/α,β-unsaturated/α-hetero) is 1. The maximum atomic E-state index is 13.1. The summed E-state index contributed by atoms with van der Waals surface area (Å²) >= 11 is 0. The van der Waals surface area contributed by atoms with Crippen LogP contribution in [0.2, 0.25) is 0 Å². The van der Waals surface area contributed by atoms with Crippen molar-refractivity contribution in [2.75, 3.05) is 59.2 Å². The Balaban J connectivity index is 0.000000470. The molecule has 0 aromatic rings. The summed E-state index contributed by atoms with van der Waals surface area (Å²) in [7, 11) is -4.42. The van der Waals surface area contributed by atoms with E-state index in [2.05, 4.69) is 66.2 Å². The molecule has 4 aliphatic rings. The molecule has 6 unspecified atom stereocenters. The number of ether oxygens (including phenoxy) is 1. The van der Waals surface area contributed by atoms with E-state index >= 15 is 0 Å². The lowest BCUT2D eigenvalue weighted by molar-refractivity contribution is -0.890. The molecule has 0 heterocycles. The zero-order chi connectivity index (χ0) is 64.7. The molecule has 6 N–H and O–H groups in total. The van der Waals surface area contributed by atoms with E-state index < -0.39 is 48.5 Å². The highest BCUT2D eigenvalue weighted by molar-refractivity contribution is 7.85. The molecule has 4 saturated carbocycles. The molecule has 516 valence electrons. The molecule has 11 atom stereocenters. The molecular formula is C71H135N3O12PS+. The highest BCUT2D eigenvalue weighted by Gasteiger charge is 2.60. The topological polar surface area (TPSA) is 229 Å². The Morgan fingerprint density at radius 3 is 1.80 bits per heavy atom. The molecule has 0 bridgehead atoms. The monoisotopic (exact) mass is 1280 g/mol. The van der Waals surface area contributed by atoms with Crippen LogP contribution in [0.3, 0.4) is 0 Å². The van der Waals surface area contributed by atoms with E-state index in [4.69, 9.17) is 24.1 Å². The van der Waals surface area contributed by atoms with E-state index in [-0.39, 0.29) is 37.7 Å². The molecular weight excluding hydrogens is 1150 g/mol. The number of nitrogens with zero attached hydrogens (tertiary/aromatic N) is 1. The van der Waals surface area contributed by atoms with Gasteiger partial charge in [-0.2, -0.15) is 8.42 Å². The fraction of sp³-hybridized carbons (Fsp3) is 0.930. The van der Waals surface area contributed by atoms with Gasteiger partial charge in [-0.05, 0) is 143 Å². The Bertz CT molecular complexity index is 2080. The Labute approximate surface area is 538 Å². The number of rotatable bonds is 50. The zero-order valence-corrected chi connectivity index (χ0v) is 59.0. The summed E-state index contributed by atoms with van der Waals surface area (Å²) in [6, 6.07) is 0.